The summed E-state index contributed by atoms with van der Waals surface area (Å²) < 4.78 is 24.7. The molecular formula is C38H64N2O11. The number of likely N-dealkylation sites (N-methyl/N-ethyl adjacent to an activating group) is 2. The van der Waals surface area contributed by atoms with E-state index in [1.807, 2.05) is 44.8 Å². The van der Waals surface area contributed by atoms with Crippen LogP contribution in [0.1, 0.15) is 96.5 Å². The van der Waals surface area contributed by atoms with Crippen LogP contribution in [0.5, 0.6) is 5.75 Å². The van der Waals surface area contributed by atoms with E-state index in [1.54, 1.807) is 39.8 Å². The van der Waals surface area contributed by atoms with Crippen LogP contribution in [0, 0.1) is 17.8 Å². The first-order valence-electron chi connectivity index (χ1n) is 18.2. The highest BCUT2D eigenvalue weighted by Gasteiger charge is 2.50. The van der Waals surface area contributed by atoms with E-state index in [9.17, 15) is 35.1 Å². The van der Waals surface area contributed by atoms with E-state index in [0.717, 1.165) is 0 Å². The average molecular weight is 725 g/mol. The molecule has 0 saturated carbocycles. The number of carbonyl (C=O) groups is 2. The van der Waals surface area contributed by atoms with Gasteiger partial charge in [0.15, 0.2) is 6.29 Å². The molecule has 0 amide bonds. The van der Waals surface area contributed by atoms with Gasteiger partial charge >= 0.3 is 11.9 Å². The first-order valence-corrected chi connectivity index (χ1v) is 18.2. The van der Waals surface area contributed by atoms with Gasteiger partial charge in [0.05, 0.1) is 48.4 Å². The lowest BCUT2D eigenvalue weighted by Crippen LogP contribution is -2.59. The lowest BCUT2D eigenvalue weighted by atomic mass is 9.77. The van der Waals surface area contributed by atoms with Gasteiger partial charge < -0.3 is 54.3 Å². The van der Waals surface area contributed by atoms with E-state index in [1.165, 1.54) is 27.0 Å². The second-order valence-corrected chi connectivity index (χ2v) is 15.9. The Morgan fingerprint density at radius 3 is 2.27 bits per heavy atom. The molecular weight excluding hydrogens is 660 g/mol. The Morgan fingerprint density at radius 1 is 1.10 bits per heavy atom. The van der Waals surface area contributed by atoms with Gasteiger partial charge in [-0.05, 0) is 105 Å². The highest BCUT2D eigenvalue weighted by molar-refractivity contribution is 5.90. The Balaban J connectivity index is 2.18. The Bertz CT molecular complexity index is 1320. The first kappa shape index (κ1) is 43.0. The number of aliphatic hydroxyl groups excluding tert-OH is 2. The van der Waals surface area contributed by atoms with Crippen molar-refractivity contribution in [2.24, 2.45) is 17.8 Å². The molecule has 2 aliphatic rings. The van der Waals surface area contributed by atoms with Gasteiger partial charge in [0.25, 0.3) is 0 Å². The minimum absolute atomic E-state index is 0.0621. The molecule has 13 heteroatoms. The van der Waals surface area contributed by atoms with Crippen LogP contribution in [-0.2, 0) is 19.0 Å². The van der Waals surface area contributed by atoms with Crippen molar-refractivity contribution in [2.45, 2.75) is 141 Å². The van der Waals surface area contributed by atoms with Gasteiger partial charge in [-0.3, -0.25) is 4.79 Å². The summed E-state index contributed by atoms with van der Waals surface area (Å²) >= 11 is 0. The number of benzene rings is 1. The number of methoxy groups -OCH3 is 1. The van der Waals surface area contributed by atoms with Crippen molar-refractivity contribution in [1.29, 1.82) is 0 Å². The number of aliphatic hydroxyl groups is 4. The first-order chi connectivity index (χ1) is 23.6. The maximum absolute atomic E-state index is 13.6. The highest BCUT2D eigenvalue weighted by atomic mass is 16.7. The van der Waals surface area contributed by atoms with E-state index < -0.39 is 77.6 Å². The summed E-state index contributed by atoms with van der Waals surface area (Å²) in [5.41, 5.74) is -2.89. The predicted octanol–water partition coefficient (Wildman–Crippen LogP) is 3.11. The lowest BCUT2D eigenvalue weighted by Gasteiger charge is -2.48. The fourth-order valence-electron chi connectivity index (χ4n) is 8.26. The highest BCUT2D eigenvalue weighted by Crippen LogP contribution is 2.43. The summed E-state index contributed by atoms with van der Waals surface area (Å²) in [4.78, 5) is 30.1. The summed E-state index contributed by atoms with van der Waals surface area (Å²) in [5, 5.41) is 57.3. The number of nitrogens with zero attached hydrogens (tertiary/aromatic N) is 2. The molecule has 2 saturated heterocycles. The number of ether oxygens (including phenoxy) is 4. The topological polar surface area (TPSA) is 179 Å². The third-order valence-electron chi connectivity index (χ3n) is 11.3. The molecule has 51 heavy (non-hydrogen) atoms. The summed E-state index contributed by atoms with van der Waals surface area (Å²) in [5.74, 6) is -4.24. The van der Waals surface area contributed by atoms with Gasteiger partial charge in [-0.15, -0.1) is 0 Å². The summed E-state index contributed by atoms with van der Waals surface area (Å²) in [6.07, 6.45) is -5.25. The van der Waals surface area contributed by atoms with Gasteiger partial charge in [-0.1, -0.05) is 20.8 Å². The number of aromatic carboxylic acids is 1. The molecule has 0 unspecified atom stereocenters. The molecule has 1 aromatic rings. The molecule has 13 nitrogen and oxygen atoms in total. The number of carbonyl (C=O) groups excluding carboxylic acids is 1. The van der Waals surface area contributed by atoms with Crippen molar-refractivity contribution >= 4 is 11.9 Å². The van der Waals surface area contributed by atoms with Crippen LogP contribution < -0.4 is 4.74 Å². The molecule has 1 aromatic carbocycles. The van der Waals surface area contributed by atoms with Gasteiger partial charge in [0.2, 0.25) is 0 Å². The zero-order valence-corrected chi connectivity index (χ0v) is 32.6. The molecule has 2 heterocycles. The van der Waals surface area contributed by atoms with Crippen LogP contribution in [0.25, 0.3) is 0 Å². The minimum Gasteiger partial charge on any atom is -0.497 e. The molecule has 2 fully saturated rings. The monoisotopic (exact) mass is 724 g/mol. The number of hydrogen-bond donors (Lipinski definition) is 5. The van der Waals surface area contributed by atoms with Crippen molar-refractivity contribution in [2.75, 3.05) is 34.8 Å². The molecule has 14 atom stereocenters. The van der Waals surface area contributed by atoms with Crippen molar-refractivity contribution in [3.8, 4) is 5.75 Å². The van der Waals surface area contributed by atoms with Crippen LogP contribution >= 0.6 is 0 Å². The van der Waals surface area contributed by atoms with E-state index in [-0.39, 0.29) is 36.5 Å². The van der Waals surface area contributed by atoms with Crippen molar-refractivity contribution < 1.29 is 54.1 Å². The maximum Gasteiger partial charge on any atom is 0.335 e. The number of rotatable bonds is 7. The van der Waals surface area contributed by atoms with Crippen LogP contribution in [-0.4, -0.2) is 142 Å². The SMILES string of the molecule is CC[C@H]1OC(=O)[C@H](C)[C@@H](O)[C@H](C)[C@@H](O[C@@H]2O[C@H](C)C[C@H](N(C)C)[C@H]2c2cc(OC)ccc2C(=O)O)[C@](C)(O)C[C@@H](C)CN(C)[C@H](C)[C@@H](O)[C@]1(C)O. The Morgan fingerprint density at radius 2 is 1.73 bits per heavy atom. The molecule has 0 aliphatic carbocycles. The van der Waals surface area contributed by atoms with Gasteiger partial charge in [-0.2, -0.15) is 0 Å². The average Bonchev–Trinajstić information content (AvgIpc) is 3.05. The van der Waals surface area contributed by atoms with Crippen molar-refractivity contribution in [3.63, 3.8) is 0 Å². The molecule has 0 spiro atoms. The van der Waals surface area contributed by atoms with Crippen LogP contribution in [0.3, 0.4) is 0 Å². The fraction of sp³-hybridized carbons (Fsp3) is 0.789. The Hall–Kier alpha value is -2.36. The number of hydrogen-bond acceptors (Lipinski definition) is 12. The second kappa shape index (κ2) is 17.2. The fourth-order valence-corrected chi connectivity index (χ4v) is 8.26. The van der Waals surface area contributed by atoms with Gasteiger partial charge in [-0.25, -0.2) is 4.79 Å². The van der Waals surface area contributed by atoms with E-state index in [0.29, 0.717) is 24.3 Å². The third kappa shape index (κ3) is 9.61. The van der Waals surface area contributed by atoms with E-state index >= 15 is 0 Å². The largest absolute Gasteiger partial charge is 0.497 e. The smallest absolute Gasteiger partial charge is 0.335 e. The second-order valence-electron chi connectivity index (χ2n) is 15.9. The Labute approximate surface area is 303 Å². The Kier molecular flexibility index (Phi) is 14.5. The molecule has 3 rings (SSSR count). The molecule has 0 aromatic heterocycles. The lowest BCUT2D eigenvalue weighted by molar-refractivity contribution is -0.275. The zero-order valence-electron chi connectivity index (χ0n) is 32.6. The minimum atomic E-state index is -1.79. The maximum atomic E-state index is 13.6. The molecule has 0 radical (unpaired) electrons. The zero-order chi connectivity index (χ0) is 38.7. The standard InChI is InChI=1S/C38H64N2O11/c1-13-29-38(8,47)32(42)24(6)40(11)19-20(2)18-37(7,46)33(22(4)31(41)23(5)35(45)50-29)51-36-30(28(39(9)10)16-21(3)49-36)27-17-25(48-12)14-15-26(27)34(43)44/h14-15,17,20-24,28-33,36,41-42,46-47H,13,16,18-19H2,1-12H3,(H,43,44)/t20-,21-,22+,23-,24-,28+,29-,30-,31+,32-,33-,36+,37-,38-/m1/s1. The number of esters is 1. The van der Waals surface area contributed by atoms with Gasteiger partial charge in [0.1, 0.15) is 23.6 Å². The van der Waals surface area contributed by atoms with Crippen molar-refractivity contribution in [1.82, 2.24) is 9.80 Å². The van der Waals surface area contributed by atoms with Crippen molar-refractivity contribution in [3.05, 3.63) is 29.3 Å². The summed E-state index contributed by atoms with van der Waals surface area (Å²) in [6, 6.07) is 3.97. The molecule has 292 valence electrons. The normalized spacial score (nSPS) is 41.0. The summed E-state index contributed by atoms with van der Waals surface area (Å²) in [7, 11) is 7.14. The molecule has 5 N–H and O–H groups in total. The summed E-state index contributed by atoms with van der Waals surface area (Å²) in [6.45, 7) is 14.1. The van der Waals surface area contributed by atoms with E-state index in [4.69, 9.17) is 18.9 Å². The third-order valence-corrected chi connectivity index (χ3v) is 11.3. The number of cyclic esters (lactones) is 1. The number of carboxylic acid groups (broad SMARTS) is 1. The van der Waals surface area contributed by atoms with Crippen LogP contribution in [0.4, 0.5) is 0 Å². The van der Waals surface area contributed by atoms with E-state index in [2.05, 4.69) is 0 Å². The molecule has 0 bridgehead atoms. The predicted molar refractivity (Wildman–Crippen MR) is 192 cm³/mol. The van der Waals surface area contributed by atoms with Gasteiger partial charge in [0, 0.05) is 24.5 Å². The quantitative estimate of drug-likeness (QED) is 0.260. The van der Waals surface area contributed by atoms with Crippen LogP contribution in [0.2, 0.25) is 0 Å². The molecule has 2 aliphatic heterocycles. The number of carboxylic acids is 1. The van der Waals surface area contributed by atoms with Crippen LogP contribution in [0.15, 0.2) is 18.2 Å².